The van der Waals surface area contributed by atoms with E-state index in [1.54, 1.807) is 0 Å². The Kier molecular flexibility index (Phi) is 10.1. The first kappa shape index (κ1) is 42.3. The first-order chi connectivity index (χ1) is 32.1. The number of alkyl halides is 3. The van der Waals surface area contributed by atoms with Gasteiger partial charge in [-0.1, -0.05) is 153 Å². The fraction of sp³-hybridized carbons (Fsp3) is 0.0847. The van der Waals surface area contributed by atoms with Crippen molar-refractivity contribution in [2.24, 2.45) is 0 Å². The average Bonchev–Trinajstić information content (AvgIpc) is 4.03. The molecule has 0 radical (unpaired) electrons. The first-order valence-corrected chi connectivity index (χ1v) is 22.0. The fourth-order valence-electron chi connectivity index (χ4n) is 10.4. The molecule has 0 spiro atoms. The molecule has 0 saturated heterocycles. The molecular formula is C59H39F3N4Pt. The van der Waals surface area contributed by atoms with E-state index in [1.807, 2.05) is 95.7 Å². The van der Waals surface area contributed by atoms with E-state index in [4.69, 9.17) is 15.0 Å². The summed E-state index contributed by atoms with van der Waals surface area (Å²) in [5, 5.41) is 1.08. The Hall–Kier alpha value is -7.34. The van der Waals surface area contributed by atoms with Crippen molar-refractivity contribution in [1.29, 1.82) is 0 Å². The molecule has 12 rings (SSSR count). The summed E-state index contributed by atoms with van der Waals surface area (Å²) >= 11 is 0. The number of fused-ring (bicyclic) bond motifs is 7. The van der Waals surface area contributed by atoms with Crippen molar-refractivity contribution in [2.45, 2.75) is 30.9 Å². The molecule has 4 nitrogen and oxygen atoms in total. The molecule has 0 aliphatic heterocycles. The normalized spacial score (nSPS) is 13.1. The molecule has 0 N–H and O–H groups in total. The molecule has 3 aromatic heterocycles. The van der Waals surface area contributed by atoms with Crippen LogP contribution in [-0.2, 0) is 38.1 Å². The van der Waals surface area contributed by atoms with E-state index in [1.165, 1.54) is 17.7 Å². The second-order valence-corrected chi connectivity index (χ2v) is 17.6. The zero-order valence-electron chi connectivity index (χ0n) is 36.3. The Morgan fingerprint density at radius 1 is 0.567 bits per heavy atom. The van der Waals surface area contributed by atoms with Gasteiger partial charge in [-0.3, -0.25) is 9.55 Å². The van der Waals surface area contributed by atoms with Gasteiger partial charge in [-0.2, -0.15) is 13.2 Å². The number of halogens is 3. The van der Waals surface area contributed by atoms with Crippen LogP contribution in [-0.4, -0.2) is 14.5 Å². The second-order valence-electron chi connectivity index (χ2n) is 17.6. The van der Waals surface area contributed by atoms with Gasteiger partial charge in [0.05, 0.1) is 27.7 Å². The molecule has 1 aliphatic carbocycles. The number of hydrogen-bond acceptors (Lipinski definition) is 2. The van der Waals surface area contributed by atoms with Crippen LogP contribution in [0.5, 0.6) is 0 Å². The Labute approximate surface area is 400 Å². The SMILES string of the molecule is CC(C)(c1ccccc1)c1ccnc(C2(c3[c-]c(-c4cccc5c4nc(-c4cc(C(F)(F)F)cc6c4[n-]c4ccccc46)n5-c4ccccc4)ccc3)c3ccccc3-c3ccccc32)c1.[Pt+2]. The molecule has 67 heavy (non-hydrogen) atoms. The third-order valence-electron chi connectivity index (χ3n) is 13.6. The Balaban J connectivity index is 0.00000494. The molecule has 0 amide bonds. The van der Waals surface area contributed by atoms with Crippen molar-refractivity contribution >= 4 is 32.8 Å². The van der Waals surface area contributed by atoms with E-state index >= 15 is 0 Å². The summed E-state index contributed by atoms with van der Waals surface area (Å²) in [6, 6.07) is 67.6. The third-order valence-corrected chi connectivity index (χ3v) is 13.6. The monoisotopic (exact) mass is 1060 g/mol. The van der Waals surface area contributed by atoms with Crippen LogP contribution in [0.4, 0.5) is 13.2 Å². The smallest absolute Gasteiger partial charge is 0.656 e. The first-order valence-electron chi connectivity index (χ1n) is 22.0. The quantitative estimate of drug-likeness (QED) is 0.149. The van der Waals surface area contributed by atoms with E-state index in [2.05, 4.69) is 117 Å². The zero-order chi connectivity index (χ0) is 44.8. The van der Waals surface area contributed by atoms with Crippen LogP contribution < -0.4 is 4.98 Å². The van der Waals surface area contributed by atoms with Gasteiger partial charge in [0.15, 0.2) is 0 Å². The largest absolute Gasteiger partial charge is 2.00 e. The van der Waals surface area contributed by atoms with Gasteiger partial charge in [0.2, 0.25) is 0 Å². The van der Waals surface area contributed by atoms with Crippen molar-refractivity contribution in [3.63, 3.8) is 0 Å². The minimum absolute atomic E-state index is 0. The molecule has 0 bridgehead atoms. The number of rotatable bonds is 7. The van der Waals surface area contributed by atoms with Gasteiger partial charge in [0.25, 0.3) is 0 Å². The van der Waals surface area contributed by atoms with Gasteiger partial charge in [-0.15, -0.1) is 46.4 Å². The van der Waals surface area contributed by atoms with Gasteiger partial charge in [0, 0.05) is 22.9 Å². The van der Waals surface area contributed by atoms with E-state index in [0.717, 1.165) is 61.4 Å². The molecule has 326 valence electrons. The molecule has 0 fully saturated rings. The molecule has 1 aliphatic rings. The Morgan fingerprint density at radius 2 is 1.21 bits per heavy atom. The number of imidazole rings is 1. The predicted molar refractivity (Wildman–Crippen MR) is 258 cm³/mol. The van der Waals surface area contributed by atoms with E-state index < -0.39 is 17.2 Å². The minimum atomic E-state index is -4.61. The summed E-state index contributed by atoms with van der Waals surface area (Å²) < 4.78 is 46.5. The second kappa shape index (κ2) is 15.9. The van der Waals surface area contributed by atoms with Crippen molar-refractivity contribution in [3.8, 4) is 39.3 Å². The summed E-state index contributed by atoms with van der Waals surface area (Å²) in [6.45, 7) is 4.50. The van der Waals surface area contributed by atoms with Crippen LogP contribution >= 0.6 is 0 Å². The number of hydrogen-bond donors (Lipinski definition) is 0. The van der Waals surface area contributed by atoms with Gasteiger partial charge in [-0.05, 0) is 86.6 Å². The number of para-hydroxylation sites is 3. The van der Waals surface area contributed by atoms with E-state index in [-0.39, 0.29) is 26.5 Å². The third kappa shape index (κ3) is 6.54. The van der Waals surface area contributed by atoms with Crippen molar-refractivity contribution in [2.75, 3.05) is 0 Å². The number of aromatic nitrogens is 4. The summed E-state index contributed by atoms with van der Waals surface area (Å²) in [4.78, 5) is 15.5. The summed E-state index contributed by atoms with van der Waals surface area (Å²) in [7, 11) is 0. The number of benzene rings is 8. The fourth-order valence-corrected chi connectivity index (χ4v) is 10.4. The molecule has 0 unspecified atom stereocenters. The van der Waals surface area contributed by atoms with Crippen LogP contribution in [0.25, 0.3) is 72.2 Å². The van der Waals surface area contributed by atoms with Crippen LogP contribution in [0.1, 0.15) is 52.9 Å². The van der Waals surface area contributed by atoms with Gasteiger partial charge < -0.3 is 4.98 Å². The maximum absolute atomic E-state index is 14.8. The molecule has 8 heteroatoms. The molecule has 8 aromatic carbocycles. The maximum atomic E-state index is 14.8. The summed E-state index contributed by atoms with van der Waals surface area (Å²) in [6.07, 6.45) is -2.68. The molecular weight excluding hydrogens is 1020 g/mol. The molecule has 0 atom stereocenters. The van der Waals surface area contributed by atoms with Crippen molar-refractivity contribution < 1.29 is 34.2 Å². The minimum Gasteiger partial charge on any atom is -0.656 e. The Morgan fingerprint density at radius 3 is 1.94 bits per heavy atom. The topological polar surface area (TPSA) is 44.8 Å². The number of nitrogens with zero attached hydrogens (tertiary/aromatic N) is 4. The van der Waals surface area contributed by atoms with Crippen LogP contribution in [0.2, 0.25) is 0 Å². The van der Waals surface area contributed by atoms with Gasteiger partial charge in [0.1, 0.15) is 5.82 Å². The zero-order valence-corrected chi connectivity index (χ0v) is 38.6. The van der Waals surface area contributed by atoms with Crippen molar-refractivity contribution in [3.05, 3.63) is 245 Å². The van der Waals surface area contributed by atoms with E-state index in [9.17, 15) is 13.2 Å². The average molecular weight is 1060 g/mol. The standard InChI is InChI=1S/C59H39F3N4.Pt/c1-57(2,38-18-5-3-6-19-38)39-31-32-63-53(36-39)58(49-27-12-9-23-44(49)45-24-10-13-28-50(45)58)40-20-15-17-37(33-40)43-26-16-30-52-55(43)65-56(66(52)42-21-7-4-8-22-42)48-35-41(59(60,61)62)34-47-46-25-11-14-29-51(46)64-54(47)48;/h3-32,34-36H,1-2H3;/q-2;+2. The predicted octanol–water partition coefficient (Wildman–Crippen LogP) is 14.5. The number of pyridine rings is 1. The van der Waals surface area contributed by atoms with Crippen LogP contribution in [0.15, 0.2) is 200 Å². The Bertz CT molecular complexity index is 3640. The summed E-state index contributed by atoms with van der Waals surface area (Å²) in [5.41, 5.74) is 11.7. The maximum Gasteiger partial charge on any atom is 2.00 e. The van der Waals surface area contributed by atoms with Crippen LogP contribution in [0, 0.1) is 6.07 Å². The van der Waals surface area contributed by atoms with Gasteiger partial charge >= 0.3 is 27.2 Å². The van der Waals surface area contributed by atoms with E-state index in [0.29, 0.717) is 38.7 Å². The molecule has 11 aromatic rings. The molecule has 3 heterocycles. The van der Waals surface area contributed by atoms with Crippen molar-refractivity contribution in [1.82, 2.24) is 19.5 Å². The van der Waals surface area contributed by atoms with Crippen LogP contribution in [0.3, 0.4) is 0 Å². The summed E-state index contributed by atoms with van der Waals surface area (Å²) in [5.74, 6) is 0.357. The van der Waals surface area contributed by atoms with Gasteiger partial charge in [-0.25, -0.2) is 4.98 Å². The molecule has 0 saturated carbocycles.